The van der Waals surface area contributed by atoms with Gasteiger partial charge in [0.25, 0.3) is 0 Å². The fourth-order valence-corrected chi connectivity index (χ4v) is 4.23. The van der Waals surface area contributed by atoms with Gasteiger partial charge in [-0.15, -0.1) is 0 Å². The largest absolute Gasteiger partial charge is 0.372 e. The van der Waals surface area contributed by atoms with Crippen LogP contribution in [-0.4, -0.2) is 49.6 Å². The molecule has 2 aromatic rings. The highest BCUT2D eigenvalue weighted by Crippen LogP contribution is 2.23. The van der Waals surface area contributed by atoms with Crippen LogP contribution in [0.5, 0.6) is 0 Å². The van der Waals surface area contributed by atoms with Crippen molar-refractivity contribution in [1.29, 1.82) is 0 Å². The van der Waals surface area contributed by atoms with E-state index in [0.29, 0.717) is 25.1 Å². The maximum Gasteiger partial charge on any atom is 0.237 e. The Morgan fingerprint density at radius 3 is 2.48 bits per heavy atom. The summed E-state index contributed by atoms with van der Waals surface area (Å²) in [5.41, 5.74) is 2.62. The fraction of sp³-hybridized carbons (Fsp3) is 0.458. The summed E-state index contributed by atoms with van der Waals surface area (Å²) < 4.78 is 27.4. The molecule has 0 unspecified atom stereocenters. The Kier molecular flexibility index (Phi) is 7.98. The van der Waals surface area contributed by atoms with Gasteiger partial charge >= 0.3 is 0 Å². The zero-order valence-electron chi connectivity index (χ0n) is 18.5. The number of nitrogens with zero attached hydrogens (tertiary/aromatic N) is 2. The number of benzene rings is 2. The number of carbonyl (C=O) groups excluding carboxylic acids is 1. The molecule has 3 rings (SSSR count). The zero-order valence-corrected chi connectivity index (χ0v) is 18.5. The van der Waals surface area contributed by atoms with E-state index in [1.165, 1.54) is 11.8 Å². The van der Waals surface area contributed by atoms with Crippen LogP contribution in [0, 0.1) is 11.6 Å². The van der Waals surface area contributed by atoms with Crippen molar-refractivity contribution in [3.63, 3.8) is 0 Å². The van der Waals surface area contributed by atoms with Crippen molar-refractivity contribution in [2.24, 2.45) is 0 Å². The van der Waals surface area contributed by atoms with Gasteiger partial charge in [-0.3, -0.25) is 9.69 Å². The topological polar surface area (TPSA) is 47.6 Å². The molecule has 0 radical (unpaired) electrons. The lowest BCUT2D eigenvalue weighted by Crippen LogP contribution is -2.41. The summed E-state index contributed by atoms with van der Waals surface area (Å²) in [5, 5.41) is 6.04. The van der Waals surface area contributed by atoms with Crippen LogP contribution in [0.3, 0.4) is 0 Å². The van der Waals surface area contributed by atoms with Crippen molar-refractivity contribution < 1.29 is 13.6 Å². The molecule has 0 aromatic heterocycles. The average molecular weight is 431 g/mol. The molecule has 5 nitrogen and oxygen atoms in total. The zero-order chi connectivity index (χ0) is 22.4. The van der Waals surface area contributed by atoms with Gasteiger partial charge in [0.1, 0.15) is 11.6 Å². The number of carbonyl (C=O) groups is 1. The average Bonchev–Trinajstić information content (AvgIpc) is 3.18. The first-order valence-electron chi connectivity index (χ1n) is 10.9. The molecule has 7 heteroatoms. The number of likely N-dealkylation sites (tertiary alicyclic amines) is 1. The van der Waals surface area contributed by atoms with Crippen LogP contribution in [0.2, 0.25) is 0 Å². The van der Waals surface area contributed by atoms with Gasteiger partial charge in [0.15, 0.2) is 0 Å². The van der Waals surface area contributed by atoms with Crippen molar-refractivity contribution >= 4 is 11.6 Å². The molecule has 0 saturated carbocycles. The van der Waals surface area contributed by atoms with E-state index in [0.717, 1.165) is 30.8 Å². The number of rotatable bonds is 9. The first-order valence-corrected chi connectivity index (χ1v) is 10.9. The molecule has 1 saturated heterocycles. The van der Waals surface area contributed by atoms with Gasteiger partial charge in [-0.25, -0.2) is 8.78 Å². The quantitative estimate of drug-likeness (QED) is 0.641. The molecular formula is C24H32F2N4O. The SMILES string of the molecule is CCN(CC)c1ccc(CN2C[C@@H](NCc3cc(F)ccc3F)C[C@H]2C(=O)NC)cc1. The van der Waals surface area contributed by atoms with Gasteiger partial charge in [0.2, 0.25) is 5.91 Å². The van der Waals surface area contributed by atoms with Crippen molar-refractivity contribution in [2.45, 2.75) is 45.4 Å². The smallest absolute Gasteiger partial charge is 0.237 e. The minimum absolute atomic E-state index is 0.0138. The Bertz CT molecular complexity index is 870. The number of hydrogen-bond donors (Lipinski definition) is 2. The molecule has 2 aromatic carbocycles. The second-order valence-corrected chi connectivity index (χ2v) is 7.95. The van der Waals surface area contributed by atoms with Crippen molar-refractivity contribution in [3.8, 4) is 0 Å². The first-order chi connectivity index (χ1) is 14.9. The third kappa shape index (κ3) is 5.80. The standard InChI is InChI=1S/C24H32F2N4O/c1-4-29(5-2)21-9-6-17(7-10-21)15-30-16-20(13-23(30)24(31)27-3)28-14-18-12-19(25)8-11-22(18)26/h6-12,20,23,28H,4-5,13-16H2,1-3H3,(H,27,31)/t20-,23-/m0/s1. The van der Waals surface area contributed by atoms with Gasteiger partial charge in [0.05, 0.1) is 6.04 Å². The minimum atomic E-state index is -0.456. The predicted octanol–water partition coefficient (Wildman–Crippen LogP) is 3.29. The molecule has 2 atom stereocenters. The van der Waals surface area contributed by atoms with Crippen LogP contribution in [0.15, 0.2) is 42.5 Å². The van der Waals surface area contributed by atoms with Gasteiger partial charge < -0.3 is 15.5 Å². The summed E-state index contributed by atoms with van der Waals surface area (Å²) in [6, 6.07) is 11.7. The summed E-state index contributed by atoms with van der Waals surface area (Å²) in [6.45, 7) is 7.73. The van der Waals surface area contributed by atoms with Gasteiger partial charge in [0, 0.05) is 57.1 Å². The number of nitrogens with one attached hydrogen (secondary N) is 2. The lowest BCUT2D eigenvalue weighted by atomic mass is 10.1. The number of halogens is 2. The Hall–Kier alpha value is -2.51. The third-order valence-electron chi connectivity index (χ3n) is 5.99. The normalized spacial score (nSPS) is 18.9. The summed E-state index contributed by atoms with van der Waals surface area (Å²) in [7, 11) is 1.64. The van der Waals surface area contributed by atoms with Gasteiger partial charge in [-0.05, 0) is 56.2 Å². The first kappa shape index (κ1) is 23.2. The lowest BCUT2D eigenvalue weighted by Gasteiger charge is -2.24. The molecule has 31 heavy (non-hydrogen) atoms. The Labute approximate surface area is 183 Å². The van der Waals surface area contributed by atoms with E-state index in [2.05, 4.69) is 58.5 Å². The van der Waals surface area contributed by atoms with Crippen molar-refractivity contribution in [2.75, 3.05) is 31.6 Å². The Morgan fingerprint density at radius 1 is 1.13 bits per heavy atom. The van der Waals surface area contributed by atoms with Crippen LogP contribution in [0.25, 0.3) is 0 Å². The van der Waals surface area contributed by atoms with Crippen LogP contribution in [0.4, 0.5) is 14.5 Å². The summed E-state index contributed by atoms with van der Waals surface area (Å²) in [4.78, 5) is 16.9. The molecule has 1 aliphatic rings. The van der Waals surface area contributed by atoms with Crippen LogP contribution < -0.4 is 15.5 Å². The van der Waals surface area contributed by atoms with E-state index in [1.807, 2.05) is 0 Å². The van der Waals surface area contributed by atoms with E-state index in [1.54, 1.807) is 7.05 Å². The molecule has 1 heterocycles. The molecule has 1 fully saturated rings. The van der Waals surface area contributed by atoms with E-state index in [9.17, 15) is 13.6 Å². The minimum Gasteiger partial charge on any atom is -0.372 e. The fourth-order valence-electron chi connectivity index (χ4n) is 4.23. The molecule has 1 amide bonds. The molecule has 1 aliphatic heterocycles. The number of amides is 1. The second-order valence-electron chi connectivity index (χ2n) is 7.95. The van der Waals surface area contributed by atoms with Crippen LogP contribution in [-0.2, 0) is 17.9 Å². The van der Waals surface area contributed by atoms with E-state index in [-0.39, 0.29) is 24.5 Å². The Morgan fingerprint density at radius 2 is 1.84 bits per heavy atom. The maximum atomic E-state index is 13.9. The highest BCUT2D eigenvalue weighted by molar-refractivity contribution is 5.81. The van der Waals surface area contributed by atoms with Crippen LogP contribution >= 0.6 is 0 Å². The molecule has 0 spiro atoms. The van der Waals surface area contributed by atoms with E-state index in [4.69, 9.17) is 0 Å². The summed E-state index contributed by atoms with van der Waals surface area (Å²) >= 11 is 0. The monoisotopic (exact) mass is 430 g/mol. The van der Waals surface area contributed by atoms with E-state index >= 15 is 0 Å². The van der Waals surface area contributed by atoms with Gasteiger partial charge in [-0.1, -0.05) is 12.1 Å². The molecule has 2 N–H and O–H groups in total. The number of likely N-dealkylation sites (N-methyl/N-ethyl adjacent to an activating group) is 1. The van der Waals surface area contributed by atoms with E-state index < -0.39 is 11.6 Å². The molecule has 0 bridgehead atoms. The summed E-state index contributed by atoms with van der Waals surface area (Å²) in [6.07, 6.45) is 0.619. The predicted molar refractivity (Wildman–Crippen MR) is 120 cm³/mol. The van der Waals surface area contributed by atoms with Gasteiger partial charge in [-0.2, -0.15) is 0 Å². The van der Waals surface area contributed by atoms with Crippen molar-refractivity contribution in [1.82, 2.24) is 15.5 Å². The third-order valence-corrected chi connectivity index (χ3v) is 5.99. The molecule has 0 aliphatic carbocycles. The van der Waals surface area contributed by atoms with Crippen molar-refractivity contribution in [3.05, 3.63) is 65.2 Å². The molecular weight excluding hydrogens is 398 g/mol. The second kappa shape index (κ2) is 10.7. The lowest BCUT2D eigenvalue weighted by molar-refractivity contribution is -0.125. The summed E-state index contributed by atoms with van der Waals surface area (Å²) in [5.74, 6) is -0.913. The van der Waals surface area contributed by atoms with Crippen LogP contribution in [0.1, 0.15) is 31.4 Å². The molecule has 168 valence electrons. The number of anilines is 1. The highest BCUT2D eigenvalue weighted by Gasteiger charge is 2.36. The maximum absolute atomic E-state index is 13.9. The highest BCUT2D eigenvalue weighted by atomic mass is 19.1. The number of hydrogen-bond acceptors (Lipinski definition) is 4. The Balaban J connectivity index is 1.65.